The maximum Gasteiger partial charge on any atom is 0.153 e. The molecule has 25 heavy (non-hydrogen) atoms. The van der Waals surface area contributed by atoms with E-state index in [-0.39, 0.29) is 0 Å². The monoisotopic (exact) mass is 351 g/mol. The first-order chi connectivity index (χ1) is 12.1. The number of imidazole rings is 1. The molecule has 0 aliphatic carbocycles. The second-order valence-corrected chi connectivity index (χ2v) is 6.75. The largest absolute Gasteiger partial charge is 0.303 e. The highest BCUT2D eigenvalue weighted by molar-refractivity contribution is 6.30. The van der Waals surface area contributed by atoms with Crippen molar-refractivity contribution in [2.75, 3.05) is 0 Å². The summed E-state index contributed by atoms with van der Waals surface area (Å²) in [4.78, 5) is 9.42. The Bertz CT molecular complexity index is 1010. The highest BCUT2D eigenvalue weighted by Gasteiger charge is 2.16. The van der Waals surface area contributed by atoms with Crippen molar-refractivity contribution in [1.29, 1.82) is 0 Å². The van der Waals surface area contributed by atoms with Crippen molar-refractivity contribution in [1.82, 2.24) is 24.6 Å². The Kier molecular flexibility index (Phi) is 4.01. The predicted molar refractivity (Wildman–Crippen MR) is 98.9 cm³/mol. The lowest BCUT2D eigenvalue weighted by Gasteiger charge is -2.04. The van der Waals surface area contributed by atoms with E-state index in [0.717, 1.165) is 34.2 Å². The Morgan fingerprint density at radius 1 is 1.08 bits per heavy atom. The molecule has 126 valence electrons. The topological polar surface area (TPSA) is 58.9 Å². The molecule has 6 heteroatoms. The van der Waals surface area contributed by atoms with Crippen molar-refractivity contribution in [3.05, 3.63) is 71.0 Å². The van der Waals surface area contributed by atoms with Gasteiger partial charge in [0.05, 0.1) is 17.8 Å². The van der Waals surface area contributed by atoms with Crippen LogP contribution < -0.4 is 0 Å². The first-order valence-electron chi connectivity index (χ1n) is 8.25. The maximum absolute atomic E-state index is 6.03. The van der Waals surface area contributed by atoms with Crippen molar-refractivity contribution in [3.8, 4) is 11.3 Å². The van der Waals surface area contributed by atoms with Crippen LogP contribution in [0.25, 0.3) is 16.9 Å². The second-order valence-electron chi connectivity index (χ2n) is 6.31. The van der Waals surface area contributed by atoms with Gasteiger partial charge in [-0.2, -0.15) is 5.10 Å². The summed E-state index contributed by atoms with van der Waals surface area (Å²) in [7, 11) is 0. The van der Waals surface area contributed by atoms with Crippen LogP contribution in [-0.2, 0) is 6.42 Å². The number of nitrogens with zero attached hydrogens (tertiary/aromatic N) is 4. The van der Waals surface area contributed by atoms with Crippen molar-refractivity contribution in [2.24, 2.45) is 0 Å². The van der Waals surface area contributed by atoms with E-state index in [2.05, 4.69) is 33.4 Å². The van der Waals surface area contributed by atoms with Gasteiger partial charge in [0.1, 0.15) is 11.5 Å². The third kappa shape index (κ3) is 3.03. The minimum atomic E-state index is 0.294. The number of halogens is 1. The van der Waals surface area contributed by atoms with Crippen molar-refractivity contribution in [2.45, 2.75) is 26.2 Å². The van der Waals surface area contributed by atoms with Gasteiger partial charge in [-0.05, 0) is 24.3 Å². The van der Waals surface area contributed by atoms with Crippen LogP contribution in [0.1, 0.15) is 37.1 Å². The van der Waals surface area contributed by atoms with Crippen LogP contribution in [0.3, 0.4) is 0 Å². The van der Waals surface area contributed by atoms with Gasteiger partial charge in [0, 0.05) is 22.7 Å². The molecule has 4 aromatic rings. The molecule has 3 heterocycles. The molecule has 0 saturated carbocycles. The van der Waals surface area contributed by atoms with Gasteiger partial charge >= 0.3 is 0 Å². The number of aromatic nitrogens is 5. The van der Waals surface area contributed by atoms with Crippen LogP contribution in [0.2, 0.25) is 5.02 Å². The van der Waals surface area contributed by atoms with E-state index in [1.165, 1.54) is 0 Å². The maximum atomic E-state index is 6.03. The Morgan fingerprint density at radius 2 is 1.88 bits per heavy atom. The number of hydrogen-bond acceptors (Lipinski definition) is 3. The average Bonchev–Trinajstić information content (AvgIpc) is 3.22. The average molecular weight is 352 g/mol. The predicted octanol–water partition coefficient (Wildman–Crippen LogP) is 4.49. The quantitative estimate of drug-likeness (QED) is 0.589. The molecular formula is C19H18ClN5. The summed E-state index contributed by atoms with van der Waals surface area (Å²) in [5, 5.41) is 8.08. The molecule has 1 aromatic carbocycles. The number of hydrogen-bond donors (Lipinski definition) is 1. The zero-order valence-electron chi connectivity index (χ0n) is 14.1. The minimum absolute atomic E-state index is 0.294. The molecule has 5 nitrogen and oxygen atoms in total. The number of H-pyrrole nitrogens is 1. The van der Waals surface area contributed by atoms with Gasteiger partial charge in [0.2, 0.25) is 0 Å². The lowest BCUT2D eigenvalue weighted by atomic mass is 10.1. The summed E-state index contributed by atoms with van der Waals surface area (Å²) in [6.45, 7) is 4.17. The van der Waals surface area contributed by atoms with Gasteiger partial charge in [-0.1, -0.05) is 43.6 Å². The molecule has 4 rings (SSSR count). The number of aromatic amines is 1. The number of fused-ring (bicyclic) bond motifs is 1. The van der Waals surface area contributed by atoms with Crippen molar-refractivity contribution in [3.63, 3.8) is 0 Å². The van der Waals surface area contributed by atoms with Crippen LogP contribution in [0, 0.1) is 0 Å². The molecule has 0 atom stereocenters. The van der Waals surface area contributed by atoms with Crippen LogP contribution in [0.15, 0.2) is 48.7 Å². The number of pyridine rings is 1. The van der Waals surface area contributed by atoms with E-state index >= 15 is 0 Å². The fraction of sp³-hybridized carbons (Fsp3) is 0.211. The zero-order valence-corrected chi connectivity index (χ0v) is 14.8. The molecule has 0 spiro atoms. The zero-order chi connectivity index (χ0) is 17.4. The lowest BCUT2D eigenvalue weighted by Crippen LogP contribution is -1.98. The standard InChI is InChI=1S/C19H18ClN5/c1-12(2)19-21-16(23-24-19)11-15-18(13-6-8-14(20)9-7-13)22-17-5-3-4-10-25(15)17/h3-10,12H,11H2,1-2H3,(H,21,23,24). The van der Waals surface area contributed by atoms with E-state index in [9.17, 15) is 0 Å². The summed E-state index contributed by atoms with van der Waals surface area (Å²) < 4.78 is 2.10. The molecule has 0 saturated heterocycles. The molecular weight excluding hydrogens is 334 g/mol. The smallest absolute Gasteiger partial charge is 0.153 e. The van der Waals surface area contributed by atoms with E-state index in [1.807, 2.05) is 48.7 Å². The summed E-state index contributed by atoms with van der Waals surface area (Å²) in [6.07, 6.45) is 2.65. The SMILES string of the molecule is CC(C)c1n[nH]c(Cc2c(-c3ccc(Cl)cc3)nc3ccccn23)n1. The fourth-order valence-corrected chi connectivity index (χ4v) is 2.99. The Labute approximate surface area is 150 Å². The highest BCUT2D eigenvalue weighted by Crippen LogP contribution is 2.27. The van der Waals surface area contributed by atoms with E-state index in [1.54, 1.807) is 0 Å². The molecule has 0 bridgehead atoms. The van der Waals surface area contributed by atoms with Gasteiger partial charge in [-0.3, -0.25) is 5.10 Å². The van der Waals surface area contributed by atoms with Gasteiger partial charge in [-0.25, -0.2) is 9.97 Å². The van der Waals surface area contributed by atoms with Gasteiger partial charge in [0.25, 0.3) is 0 Å². The summed E-state index contributed by atoms with van der Waals surface area (Å²) in [5.41, 5.74) is 3.95. The van der Waals surface area contributed by atoms with Crippen molar-refractivity contribution < 1.29 is 0 Å². The summed E-state index contributed by atoms with van der Waals surface area (Å²) in [5.74, 6) is 1.96. The Balaban J connectivity index is 1.82. The normalized spacial score (nSPS) is 11.5. The Hall–Kier alpha value is -2.66. The van der Waals surface area contributed by atoms with E-state index < -0.39 is 0 Å². The van der Waals surface area contributed by atoms with Gasteiger partial charge in [0.15, 0.2) is 5.82 Å². The van der Waals surface area contributed by atoms with E-state index in [4.69, 9.17) is 16.6 Å². The summed E-state index contributed by atoms with van der Waals surface area (Å²) >= 11 is 6.03. The van der Waals surface area contributed by atoms with E-state index in [0.29, 0.717) is 17.4 Å². The van der Waals surface area contributed by atoms with Crippen LogP contribution in [-0.4, -0.2) is 24.6 Å². The molecule has 0 radical (unpaired) electrons. The second kappa shape index (κ2) is 6.33. The molecule has 0 aliphatic rings. The molecule has 0 unspecified atom stereocenters. The van der Waals surface area contributed by atoms with Gasteiger partial charge < -0.3 is 4.40 Å². The third-order valence-electron chi connectivity index (χ3n) is 4.15. The van der Waals surface area contributed by atoms with Crippen LogP contribution in [0.4, 0.5) is 0 Å². The number of benzene rings is 1. The van der Waals surface area contributed by atoms with Crippen LogP contribution >= 0.6 is 11.6 Å². The molecule has 1 N–H and O–H groups in total. The molecule has 3 aromatic heterocycles. The minimum Gasteiger partial charge on any atom is -0.303 e. The first-order valence-corrected chi connectivity index (χ1v) is 8.62. The Morgan fingerprint density at radius 3 is 2.60 bits per heavy atom. The van der Waals surface area contributed by atoms with Crippen LogP contribution in [0.5, 0.6) is 0 Å². The fourth-order valence-electron chi connectivity index (χ4n) is 2.86. The lowest BCUT2D eigenvalue weighted by molar-refractivity contribution is 0.780. The highest BCUT2D eigenvalue weighted by atomic mass is 35.5. The molecule has 0 aliphatic heterocycles. The third-order valence-corrected chi connectivity index (χ3v) is 4.40. The number of nitrogens with one attached hydrogen (secondary N) is 1. The molecule has 0 amide bonds. The summed E-state index contributed by atoms with van der Waals surface area (Å²) in [6, 6.07) is 13.8. The molecule has 0 fully saturated rings. The number of rotatable bonds is 4. The van der Waals surface area contributed by atoms with Gasteiger partial charge in [-0.15, -0.1) is 0 Å². The van der Waals surface area contributed by atoms with Crippen molar-refractivity contribution >= 4 is 17.2 Å². The first kappa shape index (κ1) is 15.8.